The number of aromatic nitrogens is 4. The molecular formula is C21H22Cl2N6O2. The fourth-order valence-electron chi connectivity index (χ4n) is 3.50. The van der Waals surface area contributed by atoms with Crippen LogP contribution in [0.3, 0.4) is 0 Å². The minimum atomic E-state index is -0.105. The standard InChI is InChI=1S/C21H22Cl2N6O2/c1-2-31-17-6-4-16(5-7-17)29-20(24-25-26-29)14-27-9-11-28(12-10-27)21(30)18-13-15(22)3-8-19(18)23/h3-8,13H,2,9-12,14H2,1H3. The quantitative estimate of drug-likeness (QED) is 0.561. The first kappa shape index (κ1) is 21.5. The maximum Gasteiger partial charge on any atom is 0.255 e. The van der Waals surface area contributed by atoms with Crippen molar-refractivity contribution in [1.82, 2.24) is 30.0 Å². The van der Waals surface area contributed by atoms with Gasteiger partial charge in [0.15, 0.2) is 5.82 Å². The van der Waals surface area contributed by atoms with Crippen LogP contribution < -0.4 is 4.74 Å². The van der Waals surface area contributed by atoms with E-state index in [2.05, 4.69) is 20.4 Å². The lowest BCUT2D eigenvalue weighted by atomic mass is 10.1. The number of ether oxygens (including phenoxy) is 1. The van der Waals surface area contributed by atoms with Crippen molar-refractivity contribution in [3.63, 3.8) is 0 Å². The monoisotopic (exact) mass is 460 g/mol. The molecule has 0 aliphatic carbocycles. The predicted molar refractivity (Wildman–Crippen MR) is 118 cm³/mol. The number of amides is 1. The topological polar surface area (TPSA) is 76.4 Å². The maximum absolute atomic E-state index is 12.8. The Labute approximate surface area is 190 Å². The zero-order valence-electron chi connectivity index (χ0n) is 17.0. The molecule has 1 aliphatic rings. The number of carbonyl (C=O) groups excluding carboxylic acids is 1. The Morgan fingerprint density at radius 1 is 1.06 bits per heavy atom. The molecule has 162 valence electrons. The van der Waals surface area contributed by atoms with E-state index in [9.17, 15) is 4.79 Å². The van der Waals surface area contributed by atoms with E-state index in [4.69, 9.17) is 27.9 Å². The van der Waals surface area contributed by atoms with E-state index >= 15 is 0 Å². The first-order valence-electron chi connectivity index (χ1n) is 10.0. The van der Waals surface area contributed by atoms with E-state index < -0.39 is 0 Å². The molecular weight excluding hydrogens is 439 g/mol. The summed E-state index contributed by atoms with van der Waals surface area (Å²) in [6.07, 6.45) is 0. The van der Waals surface area contributed by atoms with Crippen molar-refractivity contribution < 1.29 is 9.53 Å². The molecule has 0 N–H and O–H groups in total. The molecule has 1 saturated heterocycles. The summed E-state index contributed by atoms with van der Waals surface area (Å²) in [5.74, 6) is 1.44. The molecule has 1 amide bonds. The van der Waals surface area contributed by atoms with Gasteiger partial charge in [-0.15, -0.1) is 5.10 Å². The second-order valence-electron chi connectivity index (χ2n) is 7.13. The van der Waals surface area contributed by atoms with Crippen LogP contribution in [0.15, 0.2) is 42.5 Å². The number of benzene rings is 2. The second-order valence-corrected chi connectivity index (χ2v) is 7.97. The van der Waals surface area contributed by atoms with Crippen LogP contribution in [0.25, 0.3) is 5.69 Å². The van der Waals surface area contributed by atoms with Crippen molar-refractivity contribution >= 4 is 29.1 Å². The zero-order chi connectivity index (χ0) is 21.8. The third-order valence-electron chi connectivity index (χ3n) is 5.11. The molecule has 2 aromatic carbocycles. The smallest absolute Gasteiger partial charge is 0.255 e. The fourth-order valence-corrected chi connectivity index (χ4v) is 3.87. The first-order chi connectivity index (χ1) is 15.0. The Morgan fingerprint density at radius 3 is 2.52 bits per heavy atom. The third-order valence-corrected chi connectivity index (χ3v) is 5.67. The predicted octanol–water partition coefficient (Wildman–Crippen LogP) is 3.33. The molecule has 1 fully saturated rings. The number of piperazine rings is 1. The van der Waals surface area contributed by atoms with Crippen molar-refractivity contribution in [3.8, 4) is 11.4 Å². The summed E-state index contributed by atoms with van der Waals surface area (Å²) in [6.45, 7) is 5.75. The van der Waals surface area contributed by atoms with Gasteiger partial charge >= 0.3 is 0 Å². The molecule has 0 saturated carbocycles. The normalized spacial score (nSPS) is 14.6. The number of carbonyl (C=O) groups is 1. The Morgan fingerprint density at radius 2 is 1.81 bits per heavy atom. The molecule has 1 aromatic heterocycles. The molecule has 8 nitrogen and oxygen atoms in total. The SMILES string of the molecule is CCOc1ccc(-n2nnnc2CN2CCN(C(=O)c3cc(Cl)ccc3Cl)CC2)cc1. The summed E-state index contributed by atoms with van der Waals surface area (Å²) >= 11 is 12.2. The van der Waals surface area contributed by atoms with Gasteiger partial charge in [0, 0.05) is 31.2 Å². The van der Waals surface area contributed by atoms with Crippen molar-refractivity contribution in [2.24, 2.45) is 0 Å². The van der Waals surface area contributed by atoms with Crippen LogP contribution in [0.4, 0.5) is 0 Å². The van der Waals surface area contributed by atoms with Crippen molar-refractivity contribution in [1.29, 1.82) is 0 Å². The highest BCUT2D eigenvalue weighted by atomic mass is 35.5. The Hall–Kier alpha value is -2.68. The van der Waals surface area contributed by atoms with Gasteiger partial charge in [-0.1, -0.05) is 23.2 Å². The van der Waals surface area contributed by atoms with E-state index in [0.717, 1.165) is 17.3 Å². The maximum atomic E-state index is 12.8. The fraction of sp³-hybridized carbons (Fsp3) is 0.333. The molecule has 31 heavy (non-hydrogen) atoms. The zero-order valence-corrected chi connectivity index (χ0v) is 18.6. The van der Waals surface area contributed by atoms with Gasteiger partial charge in [-0.3, -0.25) is 9.69 Å². The molecule has 1 aliphatic heterocycles. The summed E-state index contributed by atoms with van der Waals surface area (Å²) < 4.78 is 7.21. The Kier molecular flexibility index (Phi) is 6.70. The average molecular weight is 461 g/mol. The number of tetrazole rings is 1. The van der Waals surface area contributed by atoms with E-state index in [0.29, 0.717) is 54.9 Å². The molecule has 0 spiro atoms. The van der Waals surface area contributed by atoms with Crippen LogP contribution in [-0.2, 0) is 6.54 Å². The number of nitrogens with zero attached hydrogens (tertiary/aromatic N) is 6. The lowest BCUT2D eigenvalue weighted by molar-refractivity contribution is 0.0624. The van der Waals surface area contributed by atoms with Crippen LogP contribution >= 0.6 is 23.2 Å². The molecule has 0 atom stereocenters. The van der Waals surface area contributed by atoms with Gasteiger partial charge < -0.3 is 9.64 Å². The number of halogens is 2. The van der Waals surface area contributed by atoms with Gasteiger partial charge in [0.2, 0.25) is 0 Å². The lowest BCUT2D eigenvalue weighted by Crippen LogP contribution is -2.48. The van der Waals surface area contributed by atoms with Gasteiger partial charge in [-0.05, 0) is 59.8 Å². The summed E-state index contributed by atoms with van der Waals surface area (Å²) in [6, 6.07) is 12.6. The summed E-state index contributed by atoms with van der Waals surface area (Å²) in [4.78, 5) is 16.8. The number of rotatable bonds is 6. The molecule has 4 rings (SSSR count). The van der Waals surface area contributed by atoms with E-state index in [1.54, 1.807) is 27.8 Å². The molecule has 10 heteroatoms. The van der Waals surface area contributed by atoms with Gasteiger partial charge in [-0.25, -0.2) is 0 Å². The summed E-state index contributed by atoms with van der Waals surface area (Å²) in [7, 11) is 0. The third kappa shape index (κ3) is 4.98. The first-order valence-corrected chi connectivity index (χ1v) is 10.8. The van der Waals surface area contributed by atoms with Gasteiger partial charge in [0.1, 0.15) is 5.75 Å². The van der Waals surface area contributed by atoms with E-state index in [-0.39, 0.29) is 5.91 Å². The van der Waals surface area contributed by atoms with Crippen molar-refractivity contribution in [2.45, 2.75) is 13.5 Å². The lowest BCUT2D eigenvalue weighted by Gasteiger charge is -2.34. The highest BCUT2D eigenvalue weighted by Crippen LogP contribution is 2.23. The highest BCUT2D eigenvalue weighted by Gasteiger charge is 2.25. The van der Waals surface area contributed by atoms with Crippen LogP contribution in [0.1, 0.15) is 23.1 Å². The minimum Gasteiger partial charge on any atom is -0.494 e. The van der Waals surface area contributed by atoms with Crippen LogP contribution in [0.2, 0.25) is 10.0 Å². The molecule has 0 bridgehead atoms. The second kappa shape index (κ2) is 9.64. The molecule has 0 unspecified atom stereocenters. The van der Waals surface area contributed by atoms with Crippen molar-refractivity contribution in [3.05, 3.63) is 63.9 Å². The van der Waals surface area contributed by atoms with Crippen LogP contribution in [0.5, 0.6) is 5.75 Å². The number of hydrogen-bond donors (Lipinski definition) is 0. The highest BCUT2D eigenvalue weighted by molar-refractivity contribution is 6.35. The van der Waals surface area contributed by atoms with Crippen molar-refractivity contribution in [2.75, 3.05) is 32.8 Å². The van der Waals surface area contributed by atoms with Gasteiger partial charge in [0.25, 0.3) is 5.91 Å². The van der Waals surface area contributed by atoms with E-state index in [1.807, 2.05) is 31.2 Å². The summed E-state index contributed by atoms with van der Waals surface area (Å²) in [5.41, 5.74) is 1.30. The van der Waals surface area contributed by atoms with E-state index in [1.165, 1.54) is 0 Å². The molecule has 0 radical (unpaired) electrons. The largest absolute Gasteiger partial charge is 0.494 e. The Balaban J connectivity index is 1.38. The molecule has 2 heterocycles. The van der Waals surface area contributed by atoms with Gasteiger partial charge in [-0.2, -0.15) is 4.68 Å². The average Bonchev–Trinajstić information content (AvgIpc) is 3.24. The van der Waals surface area contributed by atoms with Crippen LogP contribution in [-0.4, -0.2) is 68.7 Å². The summed E-state index contributed by atoms with van der Waals surface area (Å²) in [5, 5.41) is 13.0. The molecule has 3 aromatic rings. The van der Waals surface area contributed by atoms with Gasteiger partial charge in [0.05, 0.1) is 29.4 Å². The minimum absolute atomic E-state index is 0.105. The van der Waals surface area contributed by atoms with Crippen LogP contribution in [0, 0.1) is 0 Å². The Bertz CT molecular complexity index is 1050. The number of hydrogen-bond acceptors (Lipinski definition) is 6.